The largest absolute Gasteiger partial charge is 0.490 e. The Hall–Kier alpha value is -1.02. The molecule has 1 aromatic rings. The fraction of sp³-hybridized carbons (Fsp3) is 0.667. The van der Waals surface area contributed by atoms with Gasteiger partial charge in [-0.3, -0.25) is 0 Å². The molecule has 2 unspecified atom stereocenters. The summed E-state index contributed by atoms with van der Waals surface area (Å²) < 4.78 is 5.95. The van der Waals surface area contributed by atoms with Gasteiger partial charge in [0.15, 0.2) is 0 Å². The van der Waals surface area contributed by atoms with Gasteiger partial charge in [0, 0.05) is 6.04 Å². The van der Waals surface area contributed by atoms with E-state index >= 15 is 0 Å². The van der Waals surface area contributed by atoms with E-state index in [1.165, 1.54) is 44.1 Å². The van der Waals surface area contributed by atoms with E-state index < -0.39 is 0 Å². The fourth-order valence-corrected chi connectivity index (χ4v) is 3.35. The summed E-state index contributed by atoms with van der Waals surface area (Å²) in [7, 11) is 0. The lowest BCUT2D eigenvalue weighted by molar-refractivity contribution is 0.302. The van der Waals surface area contributed by atoms with Crippen LogP contribution in [0.3, 0.4) is 0 Å². The first-order valence-electron chi connectivity index (χ1n) is 8.20. The van der Waals surface area contributed by atoms with E-state index in [1.54, 1.807) is 0 Å². The van der Waals surface area contributed by atoms with Crippen LogP contribution >= 0.6 is 0 Å². The summed E-state index contributed by atoms with van der Waals surface area (Å²) in [6.07, 6.45) is 7.98. The Morgan fingerprint density at radius 2 is 2.15 bits per heavy atom. The highest BCUT2D eigenvalue weighted by atomic mass is 16.5. The van der Waals surface area contributed by atoms with Crippen LogP contribution in [0.2, 0.25) is 0 Å². The molecule has 0 radical (unpaired) electrons. The average Bonchev–Trinajstić information content (AvgIpc) is 3.18. The summed E-state index contributed by atoms with van der Waals surface area (Å²) in [4.78, 5) is 0. The molecule has 2 aliphatic rings. The Balaban J connectivity index is 1.68. The fourth-order valence-electron chi connectivity index (χ4n) is 3.35. The first-order valence-corrected chi connectivity index (χ1v) is 8.20. The van der Waals surface area contributed by atoms with Crippen molar-refractivity contribution in [1.82, 2.24) is 5.32 Å². The van der Waals surface area contributed by atoms with E-state index in [9.17, 15) is 0 Å². The zero-order chi connectivity index (χ0) is 14.0. The average molecular weight is 273 g/mol. The molecule has 110 valence electrons. The van der Waals surface area contributed by atoms with Crippen LogP contribution in [0.15, 0.2) is 24.3 Å². The topological polar surface area (TPSA) is 21.3 Å². The Labute approximate surface area is 122 Å². The summed E-state index contributed by atoms with van der Waals surface area (Å²) in [6.45, 7) is 5.79. The second-order valence-electron chi connectivity index (χ2n) is 6.80. The number of ether oxygens (including phenoxy) is 1. The van der Waals surface area contributed by atoms with Gasteiger partial charge >= 0.3 is 0 Å². The van der Waals surface area contributed by atoms with Gasteiger partial charge in [-0.2, -0.15) is 0 Å². The van der Waals surface area contributed by atoms with Crippen molar-refractivity contribution in [3.8, 4) is 5.75 Å². The summed E-state index contributed by atoms with van der Waals surface area (Å²) in [5, 5.41) is 3.68. The maximum Gasteiger partial charge on any atom is 0.120 e. The molecule has 0 heterocycles. The Kier molecular flexibility index (Phi) is 4.02. The van der Waals surface area contributed by atoms with E-state index in [0.717, 1.165) is 12.3 Å². The molecule has 0 spiro atoms. The monoisotopic (exact) mass is 273 g/mol. The third-order valence-corrected chi connectivity index (χ3v) is 4.78. The van der Waals surface area contributed by atoms with Gasteiger partial charge in [-0.1, -0.05) is 26.0 Å². The lowest BCUT2D eigenvalue weighted by atomic mass is 9.81. The van der Waals surface area contributed by atoms with Crippen molar-refractivity contribution in [1.29, 1.82) is 0 Å². The van der Waals surface area contributed by atoms with Crippen molar-refractivity contribution >= 4 is 0 Å². The van der Waals surface area contributed by atoms with E-state index in [2.05, 4.69) is 43.4 Å². The highest BCUT2D eigenvalue weighted by molar-refractivity contribution is 5.35. The minimum absolute atomic E-state index is 0.314. The maximum atomic E-state index is 5.95. The van der Waals surface area contributed by atoms with Gasteiger partial charge in [0.05, 0.1) is 6.10 Å². The molecule has 20 heavy (non-hydrogen) atoms. The minimum Gasteiger partial charge on any atom is -0.490 e. The van der Waals surface area contributed by atoms with Crippen LogP contribution in [-0.4, -0.2) is 18.7 Å². The second-order valence-corrected chi connectivity index (χ2v) is 6.80. The lowest BCUT2D eigenvalue weighted by Crippen LogP contribution is -2.29. The third kappa shape index (κ3) is 3.17. The molecular formula is C18H27NO. The van der Waals surface area contributed by atoms with Crippen LogP contribution in [0, 0.1) is 0 Å². The molecular weight excluding hydrogens is 246 g/mol. The molecule has 2 heteroatoms. The van der Waals surface area contributed by atoms with Crippen LogP contribution in [0.25, 0.3) is 0 Å². The number of rotatable bonds is 6. The summed E-state index contributed by atoms with van der Waals surface area (Å²) >= 11 is 0. The molecule has 2 saturated carbocycles. The summed E-state index contributed by atoms with van der Waals surface area (Å²) in [5.74, 6) is 1.07. The molecule has 2 nitrogen and oxygen atoms in total. The Morgan fingerprint density at radius 1 is 1.30 bits per heavy atom. The molecule has 2 atom stereocenters. The Morgan fingerprint density at radius 3 is 2.90 bits per heavy atom. The maximum absolute atomic E-state index is 5.95. The quantitative estimate of drug-likeness (QED) is 0.844. The predicted molar refractivity (Wildman–Crippen MR) is 83.4 cm³/mol. The molecule has 0 amide bonds. The molecule has 1 N–H and O–H groups in total. The SMILES string of the molecule is CCCNC1CCC(C)(c2cccc(OC3CC3)c2)C1. The minimum atomic E-state index is 0.314. The Bertz CT molecular complexity index is 454. The second kappa shape index (κ2) is 5.77. The van der Waals surface area contributed by atoms with E-state index in [-0.39, 0.29) is 0 Å². The van der Waals surface area contributed by atoms with Crippen LogP contribution in [0.5, 0.6) is 5.75 Å². The van der Waals surface area contributed by atoms with Crippen molar-refractivity contribution in [2.24, 2.45) is 0 Å². The zero-order valence-corrected chi connectivity index (χ0v) is 12.8. The van der Waals surface area contributed by atoms with Crippen molar-refractivity contribution in [2.45, 2.75) is 69.9 Å². The highest BCUT2D eigenvalue weighted by Crippen LogP contribution is 2.42. The smallest absolute Gasteiger partial charge is 0.120 e. The number of benzene rings is 1. The normalized spacial score (nSPS) is 29.6. The van der Waals surface area contributed by atoms with Gasteiger partial charge in [0.2, 0.25) is 0 Å². The van der Waals surface area contributed by atoms with Crippen molar-refractivity contribution in [3.05, 3.63) is 29.8 Å². The summed E-state index contributed by atoms with van der Waals surface area (Å²) in [5.41, 5.74) is 1.77. The molecule has 0 bridgehead atoms. The molecule has 1 aromatic carbocycles. The van der Waals surface area contributed by atoms with Crippen molar-refractivity contribution in [2.75, 3.05) is 6.54 Å². The van der Waals surface area contributed by atoms with E-state index in [4.69, 9.17) is 4.74 Å². The van der Waals surface area contributed by atoms with Gasteiger partial charge < -0.3 is 10.1 Å². The van der Waals surface area contributed by atoms with Gasteiger partial charge in [-0.15, -0.1) is 0 Å². The van der Waals surface area contributed by atoms with Crippen LogP contribution in [0.4, 0.5) is 0 Å². The number of hydrogen-bond donors (Lipinski definition) is 1. The number of hydrogen-bond acceptors (Lipinski definition) is 2. The zero-order valence-electron chi connectivity index (χ0n) is 12.8. The first kappa shape index (κ1) is 13.9. The molecule has 3 rings (SSSR count). The third-order valence-electron chi connectivity index (χ3n) is 4.78. The van der Waals surface area contributed by atoms with Gasteiger partial charge in [-0.05, 0) is 68.2 Å². The number of nitrogens with one attached hydrogen (secondary N) is 1. The molecule has 2 fully saturated rings. The van der Waals surface area contributed by atoms with Crippen molar-refractivity contribution in [3.63, 3.8) is 0 Å². The van der Waals surface area contributed by atoms with Crippen LogP contribution in [-0.2, 0) is 5.41 Å². The molecule has 0 aliphatic heterocycles. The van der Waals surface area contributed by atoms with Gasteiger partial charge in [-0.25, -0.2) is 0 Å². The van der Waals surface area contributed by atoms with Crippen LogP contribution in [0.1, 0.15) is 57.9 Å². The predicted octanol–water partition coefficient (Wildman–Crippen LogP) is 4.04. The van der Waals surface area contributed by atoms with E-state index in [1.807, 2.05) is 0 Å². The molecule has 0 saturated heterocycles. The molecule has 2 aliphatic carbocycles. The van der Waals surface area contributed by atoms with Gasteiger partial charge in [0.1, 0.15) is 5.75 Å². The highest BCUT2D eigenvalue weighted by Gasteiger charge is 2.36. The lowest BCUT2D eigenvalue weighted by Gasteiger charge is -2.25. The first-order chi connectivity index (χ1) is 9.69. The van der Waals surface area contributed by atoms with Crippen LogP contribution < -0.4 is 10.1 Å². The molecule has 0 aromatic heterocycles. The standard InChI is InChI=1S/C18H27NO/c1-3-11-19-15-9-10-18(2,13-15)14-5-4-6-17(12-14)20-16-7-8-16/h4-6,12,15-16,19H,3,7-11,13H2,1-2H3. The van der Waals surface area contributed by atoms with Gasteiger partial charge in [0.25, 0.3) is 0 Å². The summed E-state index contributed by atoms with van der Waals surface area (Å²) in [6, 6.07) is 9.51. The van der Waals surface area contributed by atoms with Crippen molar-refractivity contribution < 1.29 is 4.74 Å². The van der Waals surface area contributed by atoms with E-state index in [0.29, 0.717) is 17.6 Å².